The summed E-state index contributed by atoms with van der Waals surface area (Å²) in [6.45, 7) is 0.600. The minimum absolute atomic E-state index is 0.102. The Morgan fingerprint density at radius 3 is 2.42 bits per heavy atom. The Labute approximate surface area is 149 Å². The Kier molecular flexibility index (Phi) is 7.39. The molecule has 1 aliphatic heterocycles. The molecule has 6 nitrogen and oxygen atoms in total. The topological polar surface area (TPSA) is 82.8 Å². The SMILES string of the molecule is NNC(=O)C(CCCCC1OCCO1)(OCc1ccccc1)C(F)(F)F. The van der Waals surface area contributed by atoms with Crippen molar-refractivity contribution < 1.29 is 32.2 Å². The van der Waals surface area contributed by atoms with Crippen LogP contribution in [0.15, 0.2) is 30.3 Å². The summed E-state index contributed by atoms with van der Waals surface area (Å²) < 4.78 is 56.9. The number of benzene rings is 1. The van der Waals surface area contributed by atoms with Gasteiger partial charge in [0.05, 0.1) is 19.8 Å². The van der Waals surface area contributed by atoms with Crippen LogP contribution >= 0.6 is 0 Å². The minimum Gasteiger partial charge on any atom is -0.352 e. The number of carbonyl (C=O) groups is 1. The Morgan fingerprint density at radius 2 is 1.85 bits per heavy atom. The molecule has 1 aliphatic rings. The Balaban J connectivity index is 2.04. The van der Waals surface area contributed by atoms with Crippen LogP contribution in [0.25, 0.3) is 0 Å². The molecule has 0 spiro atoms. The highest BCUT2D eigenvalue weighted by atomic mass is 19.4. The summed E-state index contributed by atoms with van der Waals surface area (Å²) >= 11 is 0. The van der Waals surface area contributed by atoms with Gasteiger partial charge in [-0.2, -0.15) is 13.2 Å². The molecule has 1 saturated heterocycles. The highest BCUT2D eigenvalue weighted by molar-refractivity contribution is 5.85. The van der Waals surface area contributed by atoms with Gasteiger partial charge in [0.15, 0.2) is 6.29 Å². The molecular weight excluding hydrogens is 353 g/mol. The summed E-state index contributed by atoms with van der Waals surface area (Å²) in [5, 5.41) is 0. The summed E-state index contributed by atoms with van der Waals surface area (Å²) in [4.78, 5) is 12.0. The van der Waals surface area contributed by atoms with E-state index in [-0.39, 0.29) is 13.0 Å². The predicted molar refractivity (Wildman–Crippen MR) is 86.5 cm³/mol. The predicted octanol–water partition coefficient (Wildman–Crippen LogP) is 2.43. The standard InChI is InChI=1S/C17H23F3N2O4/c18-17(19,20)16(15(23)22-21,26-12-13-6-2-1-3-7-13)9-5-4-8-14-24-10-11-25-14/h1-3,6-7,14H,4-5,8-12,21H2,(H,22,23). The van der Waals surface area contributed by atoms with Gasteiger partial charge in [0.2, 0.25) is 5.60 Å². The van der Waals surface area contributed by atoms with Crippen LogP contribution in [0.4, 0.5) is 13.2 Å². The maximum atomic E-state index is 13.8. The van der Waals surface area contributed by atoms with Crippen LogP contribution in [0, 0.1) is 0 Å². The van der Waals surface area contributed by atoms with E-state index in [1.807, 2.05) is 0 Å². The molecule has 1 unspecified atom stereocenters. The number of alkyl halides is 3. The average Bonchev–Trinajstić information content (AvgIpc) is 3.14. The number of hydrazine groups is 1. The quantitative estimate of drug-likeness (QED) is 0.299. The highest BCUT2D eigenvalue weighted by Crippen LogP contribution is 2.39. The Hall–Kier alpha value is -1.68. The van der Waals surface area contributed by atoms with Crippen molar-refractivity contribution in [3.05, 3.63) is 35.9 Å². The number of hydrogen-bond donors (Lipinski definition) is 2. The van der Waals surface area contributed by atoms with Crippen molar-refractivity contribution in [1.29, 1.82) is 0 Å². The third kappa shape index (κ3) is 5.16. The fraction of sp³-hybridized carbons (Fsp3) is 0.588. The zero-order valence-corrected chi connectivity index (χ0v) is 14.3. The molecule has 0 aliphatic carbocycles. The first-order valence-corrected chi connectivity index (χ1v) is 8.38. The van der Waals surface area contributed by atoms with Gasteiger partial charge in [0.25, 0.3) is 5.91 Å². The Morgan fingerprint density at radius 1 is 1.19 bits per heavy atom. The van der Waals surface area contributed by atoms with Crippen LogP contribution in [0.2, 0.25) is 0 Å². The molecule has 1 fully saturated rings. The number of amides is 1. The molecule has 0 saturated carbocycles. The summed E-state index contributed by atoms with van der Waals surface area (Å²) in [5.74, 6) is 3.60. The molecule has 1 aromatic carbocycles. The van der Waals surface area contributed by atoms with Crippen LogP contribution in [-0.2, 0) is 25.6 Å². The average molecular weight is 376 g/mol. The summed E-state index contributed by atoms with van der Waals surface area (Å²) in [7, 11) is 0. The van der Waals surface area contributed by atoms with E-state index in [0.717, 1.165) is 0 Å². The van der Waals surface area contributed by atoms with E-state index >= 15 is 0 Å². The number of ether oxygens (including phenoxy) is 3. The molecule has 146 valence electrons. The summed E-state index contributed by atoms with van der Waals surface area (Å²) in [6.07, 6.45) is -4.90. The van der Waals surface area contributed by atoms with Crippen LogP contribution < -0.4 is 11.3 Å². The molecular formula is C17H23F3N2O4. The summed E-state index contributed by atoms with van der Waals surface area (Å²) in [6, 6.07) is 8.34. The summed E-state index contributed by atoms with van der Waals surface area (Å²) in [5.41, 5.74) is -0.881. The second-order valence-electron chi connectivity index (χ2n) is 5.99. The first kappa shape index (κ1) is 20.6. The second kappa shape index (κ2) is 9.31. The first-order chi connectivity index (χ1) is 12.4. The van der Waals surface area contributed by atoms with Gasteiger partial charge in [0.1, 0.15) is 0 Å². The molecule has 0 radical (unpaired) electrons. The zero-order chi connectivity index (χ0) is 19.0. The number of hydrogen-bond acceptors (Lipinski definition) is 5. The third-order valence-corrected chi connectivity index (χ3v) is 4.19. The van der Waals surface area contributed by atoms with E-state index in [4.69, 9.17) is 20.1 Å². The first-order valence-electron chi connectivity index (χ1n) is 8.38. The van der Waals surface area contributed by atoms with Gasteiger partial charge in [0, 0.05) is 0 Å². The van der Waals surface area contributed by atoms with Crippen LogP contribution in [0.1, 0.15) is 31.2 Å². The molecule has 1 atom stereocenters. The van der Waals surface area contributed by atoms with E-state index < -0.39 is 30.4 Å². The number of nitrogens with two attached hydrogens (primary N) is 1. The highest BCUT2D eigenvalue weighted by Gasteiger charge is 2.61. The normalized spacial score (nSPS) is 17.8. The fourth-order valence-electron chi connectivity index (χ4n) is 2.76. The molecule has 26 heavy (non-hydrogen) atoms. The van der Waals surface area contributed by atoms with Gasteiger partial charge in [-0.15, -0.1) is 0 Å². The van der Waals surface area contributed by atoms with Crippen molar-refractivity contribution in [2.45, 2.75) is 50.4 Å². The lowest BCUT2D eigenvalue weighted by molar-refractivity contribution is -0.273. The maximum Gasteiger partial charge on any atom is 0.426 e. The largest absolute Gasteiger partial charge is 0.426 e. The van der Waals surface area contributed by atoms with E-state index in [1.165, 1.54) is 0 Å². The monoisotopic (exact) mass is 376 g/mol. The Bertz CT molecular complexity index is 565. The molecule has 9 heteroatoms. The van der Waals surface area contributed by atoms with Gasteiger partial charge >= 0.3 is 6.18 Å². The number of carbonyl (C=O) groups excluding carboxylic acids is 1. The smallest absolute Gasteiger partial charge is 0.352 e. The van der Waals surface area contributed by atoms with Gasteiger partial charge in [-0.05, 0) is 31.2 Å². The van der Waals surface area contributed by atoms with Crippen LogP contribution in [-0.4, -0.2) is 37.2 Å². The van der Waals surface area contributed by atoms with Crippen molar-refractivity contribution in [2.75, 3.05) is 13.2 Å². The molecule has 3 N–H and O–H groups in total. The number of unbranched alkanes of at least 4 members (excludes halogenated alkanes) is 1. The molecule has 1 aromatic rings. The van der Waals surface area contributed by atoms with E-state index in [9.17, 15) is 18.0 Å². The lowest BCUT2D eigenvalue weighted by Gasteiger charge is -2.34. The van der Waals surface area contributed by atoms with E-state index in [2.05, 4.69) is 0 Å². The van der Waals surface area contributed by atoms with E-state index in [1.54, 1.807) is 35.8 Å². The molecule has 1 amide bonds. The van der Waals surface area contributed by atoms with Crippen molar-refractivity contribution in [3.63, 3.8) is 0 Å². The van der Waals surface area contributed by atoms with Gasteiger partial charge in [-0.3, -0.25) is 10.2 Å². The molecule has 0 bridgehead atoms. The third-order valence-electron chi connectivity index (χ3n) is 4.19. The number of halogens is 3. The lowest BCUT2D eigenvalue weighted by atomic mass is 9.93. The van der Waals surface area contributed by atoms with Crippen molar-refractivity contribution >= 4 is 5.91 Å². The van der Waals surface area contributed by atoms with E-state index in [0.29, 0.717) is 31.6 Å². The zero-order valence-electron chi connectivity index (χ0n) is 14.3. The maximum absolute atomic E-state index is 13.8. The number of nitrogens with one attached hydrogen (secondary N) is 1. The van der Waals surface area contributed by atoms with Gasteiger partial charge < -0.3 is 14.2 Å². The van der Waals surface area contributed by atoms with Crippen LogP contribution in [0.3, 0.4) is 0 Å². The molecule has 1 heterocycles. The number of rotatable bonds is 9. The lowest BCUT2D eigenvalue weighted by Crippen LogP contribution is -2.60. The van der Waals surface area contributed by atoms with Gasteiger partial charge in [-0.25, -0.2) is 5.84 Å². The second-order valence-corrected chi connectivity index (χ2v) is 5.99. The van der Waals surface area contributed by atoms with Crippen molar-refractivity contribution in [1.82, 2.24) is 5.43 Å². The molecule has 0 aromatic heterocycles. The van der Waals surface area contributed by atoms with Gasteiger partial charge in [-0.1, -0.05) is 30.3 Å². The van der Waals surface area contributed by atoms with Crippen LogP contribution in [0.5, 0.6) is 0 Å². The fourth-order valence-corrected chi connectivity index (χ4v) is 2.76. The molecule has 2 rings (SSSR count). The van der Waals surface area contributed by atoms with Crippen molar-refractivity contribution in [2.24, 2.45) is 5.84 Å². The van der Waals surface area contributed by atoms with Crippen molar-refractivity contribution in [3.8, 4) is 0 Å². The minimum atomic E-state index is -4.91.